The molecule has 1 aromatic heterocycles. The van der Waals surface area contributed by atoms with Crippen molar-refractivity contribution in [2.45, 2.75) is 6.54 Å². The zero-order chi connectivity index (χ0) is 19.8. The van der Waals surface area contributed by atoms with E-state index in [0.29, 0.717) is 47.8 Å². The van der Waals surface area contributed by atoms with Crippen LogP contribution in [0.15, 0.2) is 42.5 Å². The molecule has 28 heavy (non-hydrogen) atoms. The van der Waals surface area contributed by atoms with Crippen molar-refractivity contribution < 1.29 is 13.2 Å². The Balaban J connectivity index is 1.85. The fourth-order valence-electron chi connectivity index (χ4n) is 3.40. The number of halogens is 3. The van der Waals surface area contributed by atoms with Gasteiger partial charge in [0, 0.05) is 48.2 Å². The summed E-state index contributed by atoms with van der Waals surface area (Å²) in [7, 11) is 1.87. The number of rotatable bonds is 2. The maximum absolute atomic E-state index is 15.4. The Kier molecular flexibility index (Phi) is 4.64. The monoisotopic (exact) mass is 385 g/mol. The SMILES string of the molecule is CN1CCN(c2cc(F)cc(F)c2)c2ccc(-c3ccc(N)nn3)c(F)c2C1. The Bertz CT molecular complexity index is 1000. The van der Waals surface area contributed by atoms with E-state index in [9.17, 15) is 8.78 Å². The number of hydrogen-bond donors (Lipinski definition) is 1. The molecule has 144 valence electrons. The first-order valence-corrected chi connectivity index (χ1v) is 8.75. The van der Waals surface area contributed by atoms with E-state index in [1.807, 2.05) is 11.9 Å². The van der Waals surface area contributed by atoms with Crippen molar-refractivity contribution in [1.82, 2.24) is 15.1 Å². The summed E-state index contributed by atoms with van der Waals surface area (Å²) in [6, 6.07) is 9.81. The lowest BCUT2D eigenvalue weighted by Crippen LogP contribution is -2.26. The van der Waals surface area contributed by atoms with Crippen LogP contribution >= 0.6 is 0 Å². The van der Waals surface area contributed by atoms with Crippen LogP contribution in [-0.4, -0.2) is 35.2 Å². The number of nitrogen functional groups attached to an aromatic ring is 1. The van der Waals surface area contributed by atoms with Gasteiger partial charge in [-0.05, 0) is 43.4 Å². The van der Waals surface area contributed by atoms with Gasteiger partial charge >= 0.3 is 0 Å². The van der Waals surface area contributed by atoms with E-state index in [0.717, 1.165) is 6.07 Å². The minimum Gasteiger partial charge on any atom is -0.382 e. The molecular formula is C20H18F3N5. The number of aromatic nitrogens is 2. The van der Waals surface area contributed by atoms with Crippen molar-refractivity contribution in [3.63, 3.8) is 0 Å². The largest absolute Gasteiger partial charge is 0.382 e. The van der Waals surface area contributed by atoms with Crippen LogP contribution in [0.5, 0.6) is 0 Å². The fraction of sp³-hybridized carbons (Fsp3) is 0.200. The summed E-state index contributed by atoms with van der Waals surface area (Å²) < 4.78 is 43.0. The van der Waals surface area contributed by atoms with Crippen LogP contribution < -0.4 is 10.6 Å². The van der Waals surface area contributed by atoms with E-state index in [2.05, 4.69) is 10.2 Å². The Morgan fingerprint density at radius 3 is 2.36 bits per heavy atom. The van der Waals surface area contributed by atoms with Crippen molar-refractivity contribution >= 4 is 17.2 Å². The first kappa shape index (κ1) is 18.2. The first-order chi connectivity index (χ1) is 13.4. The van der Waals surface area contributed by atoms with Crippen LogP contribution in [0.1, 0.15) is 5.56 Å². The van der Waals surface area contributed by atoms with Gasteiger partial charge < -0.3 is 15.5 Å². The second kappa shape index (κ2) is 7.12. The van der Waals surface area contributed by atoms with E-state index < -0.39 is 17.5 Å². The Morgan fingerprint density at radius 2 is 1.68 bits per heavy atom. The molecule has 0 fully saturated rings. The summed E-state index contributed by atoms with van der Waals surface area (Å²) in [4.78, 5) is 3.68. The molecule has 2 aromatic carbocycles. The van der Waals surface area contributed by atoms with Crippen LogP contribution in [0.3, 0.4) is 0 Å². The maximum Gasteiger partial charge on any atom is 0.146 e. The minimum absolute atomic E-state index is 0.248. The highest BCUT2D eigenvalue weighted by Crippen LogP contribution is 2.37. The van der Waals surface area contributed by atoms with Gasteiger partial charge in [0.15, 0.2) is 0 Å². The Morgan fingerprint density at radius 1 is 0.929 bits per heavy atom. The van der Waals surface area contributed by atoms with E-state index >= 15 is 4.39 Å². The number of anilines is 3. The predicted octanol–water partition coefficient (Wildman–Crippen LogP) is 3.73. The number of nitrogens with zero attached hydrogens (tertiary/aromatic N) is 4. The van der Waals surface area contributed by atoms with Gasteiger partial charge in [-0.25, -0.2) is 13.2 Å². The molecule has 0 spiro atoms. The van der Waals surface area contributed by atoms with Crippen molar-refractivity contribution in [2.24, 2.45) is 0 Å². The van der Waals surface area contributed by atoms with Gasteiger partial charge in [-0.1, -0.05) is 0 Å². The van der Waals surface area contributed by atoms with Crippen LogP contribution in [0.4, 0.5) is 30.4 Å². The summed E-state index contributed by atoms with van der Waals surface area (Å²) in [5.74, 6) is -1.54. The highest BCUT2D eigenvalue weighted by atomic mass is 19.1. The molecule has 1 aliphatic heterocycles. The highest BCUT2D eigenvalue weighted by molar-refractivity contribution is 5.73. The van der Waals surface area contributed by atoms with Crippen molar-refractivity contribution in [3.05, 3.63) is 65.5 Å². The molecule has 0 unspecified atom stereocenters. The molecular weight excluding hydrogens is 367 g/mol. The molecule has 1 aliphatic rings. The van der Waals surface area contributed by atoms with E-state index in [-0.39, 0.29) is 5.82 Å². The molecule has 3 aromatic rings. The quantitative estimate of drug-likeness (QED) is 0.729. The zero-order valence-electron chi connectivity index (χ0n) is 15.2. The summed E-state index contributed by atoms with van der Waals surface area (Å²) in [5.41, 5.74) is 7.56. The van der Waals surface area contributed by atoms with Gasteiger partial charge in [-0.15, -0.1) is 10.2 Å². The van der Waals surface area contributed by atoms with E-state index in [1.165, 1.54) is 12.1 Å². The van der Waals surface area contributed by atoms with E-state index in [1.54, 1.807) is 29.2 Å². The van der Waals surface area contributed by atoms with E-state index in [4.69, 9.17) is 5.73 Å². The molecule has 0 aliphatic carbocycles. The molecule has 5 nitrogen and oxygen atoms in total. The number of benzene rings is 2. The van der Waals surface area contributed by atoms with Gasteiger partial charge in [0.1, 0.15) is 23.3 Å². The van der Waals surface area contributed by atoms with Crippen molar-refractivity contribution in [1.29, 1.82) is 0 Å². The summed E-state index contributed by atoms with van der Waals surface area (Å²) in [6.07, 6.45) is 0. The normalized spacial score (nSPS) is 14.6. The third kappa shape index (κ3) is 3.38. The molecule has 0 bridgehead atoms. The summed E-state index contributed by atoms with van der Waals surface area (Å²) in [6.45, 7) is 1.42. The van der Waals surface area contributed by atoms with Crippen LogP contribution in [0.25, 0.3) is 11.3 Å². The van der Waals surface area contributed by atoms with Gasteiger partial charge in [-0.2, -0.15) is 0 Å². The van der Waals surface area contributed by atoms with Gasteiger partial charge in [0.25, 0.3) is 0 Å². The lowest BCUT2D eigenvalue weighted by Gasteiger charge is -2.25. The average Bonchev–Trinajstić information content (AvgIpc) is 2.81. The summed E-state index contributed by atoms with van der Waals surface area (Å²) in [5, 5.41) is 7.74. The average molecular weight is 385 g/mol. The minimum atomic E-state index is -0.677. The predicted molar refractivity (Wildman–Crippen MR) is 102 cm³/mol. The maximum atomic E-state index is 15.4. The molecule has 0 saturated heterocycles. The van der Waals surface area contributed by atoms with Gasteiger partial charge in [0.05, 0.1) is 5.69 Å². The summed E-state index contributed by atoms with van der Waals surface area (Å²) >= 11 is 0. The van der Waals surface area contributed by atoms with Crippen LogP contribution in [0.2, 0.25) is 0 Å². The number of likely N-dealkylation sites (N-methyl/N-ethyl adjacent to an activating group) is 1. The van der Waals surface area contributed by atoms with Gasteiger partial charge in [-0.3, -0.25) is 0 Å². The topological polar surface area (TPSA) is 58.3 Å². The van der Waals surface area contributed by atoms with Crippen molar-refractivity contribution in [2.75, 3.05) is 30.8 Å². The fourth-order valence-corrected chi connectivity index (χ4v) is 3.40. The Hall–Kier alpha value is -3.13. The molecule has 0 saturated carbocycles. The second-order valence-electron chi connectivity index (χ2n) is 6.79. The molecule has 2 N–H and O–H groups in total. The van der Waals surface area contributed by atoms with Crippen LogP contribution in [0, 0.1) is 17.5 Å². The molecule has 0 atom stereocenters. The smallest absolute Gasteiger partial charge is 0.146 e. The number of fused-ring (bicyclic) bond motifs is 1. The highest BCUT2D eigenvalue weighted by Gasteiger charge is 2.25. The molecule has 2 heterocycles. The first-order valence-electron chi connectivity index (χ1n) is 8.75. The molecule has 0 radical (unpaired) electrons. The molecule has 4 rings (SSSR count). The number of hydrogen-bond acceptors (Lipinski definition) is 5. The lowest BCUT2D eigenvalue weighted by atomic mass is 10.0. The third-order valence-electron chi connectivity index (χ3n) is 4.76. The van der Waals surface area contributed by atoms with Gasteiger partial charge in [0.2, 0.25) is 0 Å². The number of nitrogens with two attached hydrogens (primary N) is 1. The molecule has 8 heteroatoms. The molecule has 0 amide bonds. The van der Waals surface area contributed by atoms with Crippen molar-refractivity contribution in [3.8, 4) is 11.3 Å². The Labute approximate surface area is 160 Å². The van der Waals surface area contributed by atoms with Crippen LogP contribution in [-0.2, 0) is 6.54 Å². The standard InChI is InChI=1S/C20H18F3N5/c1-27-6-7-28(14-9-12(21)8-13(22)10-14)18-4-2-15(20(23)16(18)11-27)17-3-5-19(24)26-25-17/h2-5,8-10H,6-7,11H2,1H3,(H2,24,26). The third-order valence-corrected chi connectivity index (χ3v) is 4.76. The zero-order valence-corrected chi connectivity index (χ0v) is 15.2. The lowest BCUT2D eigenvalue weighted by molar-refractivity contribution is 0.338. The second-order valence-corrected chi connectivity index (χ2v) is 6.79.